The summed E-state index contributed by atoms with van der Waals surface area (Å²) in [6.07, 6.45) is 1.84. The van der Waals surface area contributed by atoms with Crippen molar-refractivity contribution in [2.75, 3.05) is 13.7 Å². The molecule has 0 heterocycles. The fourth-order valence-corrected chi connectivity index (χ4v) is 2.06. The first-order chi connectivity index (χ1) is 8.83. The molecule has 0 saturated carbocycles. The number of rotatable bonds is 5. The molecule has 19 heavy (non-hydrogen) atoms. The molecule has 0 atom stereocenters. The Balaban J connectivity index is 0.00000180. The summed E-state index contributed by atoms with van der Waals surface area (Å²) >= 11 is 0. The van der Waals surface area contributed by atoms with Gasteiger partial charge in [0.25, 0.3) is 0 Å². The zero-order valence-corrected chi connectivity index (χ0v) is 12.0. The number of methoxy groups -OCH3 is 1. The zero-order valence-electron chi connectivity index (χ0n) is 11.1. The summed E-state index contributed by atoms with van der Waals surface area (Å²) in [5.41, 5.74) is 9.34. The van der Waals surface area contributed by atoms with Crippen molar-refractivity contribution < 1.29 is 4.74 Å². The van der Waals surface area contributed by atoms with Gasteiger partial charge in [-0.25, -0.2) is 0 Å². The third-order valence-electron chi connectivity index (χ3n) is 3.04. The molecule has 2 nitrogen and oxygen atoms in total. The van der Waals surface area contributed by atoms with Gasteiger partial charge in [-0.15, -0.1) is 12.4 Å². The van der Waals surface area contributed by atoms with Gasteiger partial charge in [-0.05, 0) is 35.7 Å². The topological polar surface area (TPSA) is 35.2 Å². The molecule has 102 valence electrons. The summed E-state index contributed by atoms with van der Waals surface area (Å²) < 4.78 is 5.36. The van der Waals surface area contributed by atoms with E-state index in [0.29, 0.717) is 6.54 Å². The van der Waals surface area contributed by atoms with Crippen LogP contribution in [0.4, 0.5) is 0 Å². The van der Waals surface area contributed by atoms with Crippen molar-refractivity contribution in [2.45, 2.75) is 12.8 Å². The van der Waals surface area contributed by atoms with Crippen molar-refractivity contribution in [3.05, 3.63) is 65.2 Å². The fourth-order valence-electron chi connectivity index (χ4n) is 2.06. The normalized spacial score (nSPS) is 9.79. The van der Waals surface area contributed by atoms with E-state index in [2.05, 4.69) is 30.3 Å². The van der Waals surface area contributed by atoms with Crippen molar-refractivity contribution in [1.82, 2.24) is 0 Å². The maximum Gasteiger partial charge on any atom is 0.122 e. The average Bonchev–Trinajstić information content (AvgIpc) is 2.42. The maximum atomic E-state index is 5.54. The summed E-state index contributed by atoms with van der Waals surface area (Å²) in [5, 5.41) is 0. The molecule has 0 saturated heterocycles. The number of nitrogens with two attached hydrogens (primary N) is 1. The summed E-state index contributed by atoms with van der Waals surface area (Å²) in [6, 6.07) is 16.8. The van der Waals surface area contributed by atoms with Crippen LogP contribution in [0.15, 0.2) is 48.5 Å². The van der Waals surface area contributed by atoms with Gasteiger partial charge >= 0.3 is 0 Å². The van der Waals surface area contributed by atoms with Gasteiger partial charge in [0.2, 0.25) is 0 Å². The smallest absolute Gasteiger partial charge is 0.122 e. The minimum absolute atomic E-state index is 0. The Hall–Kier alpha value is -1.51. The second-order valence-corrected chi connectivity index (χ2v) is 4.34. The molecular weight excluding hydrogens is 258 g/mol. The molecule has 2 rings (SSSR count). The molecule has 0 aromatic heterocycles. The van der Waals surface area contributed by atoms with Crippen molar-refractivity contribution in [3.63, 3.8) is 0 Å². The Morgan fingerprint density at radius 3 is 2.21 bits per heavy atom. The Bertz CT molecular complexity index is 496. The van der Waals surface area contributed by atoms with Crippen LogP contribution in [0.2, 0.25) is 0 Å². The SMILES string of the molecule is COc1ccccc1Cc1ccc(CCN)cc1.Cl. The first kappa shape index (κ1) is 15.5. The Morgan fingerprint density at radius 1 is 0.947 bits per heavy atom. The van der Waals surface area contributed by atoms with E-state index in [1.54, 1.807) is 7.11 Å². The van der Waals surface area contributed by atoms with Crippen LogP contribution < -0.4 is 10.5 Å². The van der Waals surface area contributed by atoms with Gasteiger partial charge in [-0.2, -0.15) is 0 Å². The number of para-hydroxylation sites is 1. The predicted octanol–water partition coefficient (Wildman–Crippen LogP) is 3.21. The van der Waals surface area contributed by atoms with Gasteiger partial charge in [-0.1, -0.05) is 42.5 Å². The van der Waals surface area contributed by atoms with E-state index in [1.165, 1.54) is 16.7 Å². The maximum absolute atomic E-state index is 5.54. The number of ether oxygens (including phenoxy) is 1. The fraction of sp³-hybridized carbons (Fsp3) is 0.250. The van der Waals surface area contributed by atoms with Crippen molar-refractivity contribution >= 4 is 12.4 Å². The quantitative estimate of drug-likeness (QED) is 0.911. The molecule has 3 heteroatoms. The molecule has 0 fully saturated rings. The third-order valence-corrected chi connectivity index (χ3v) is 3.04. The van der Waals surface area contributed by atoms with Crippen molar-refractivity contribution in [2.24, 2.45) is 5.73 Å². The van der Waals surface area contributed by atoms with Crippen LogP contribution in [0.1, 0.15) is 16.7 Å². The monoisotopic (exact) mass is 277 g/mol. The number of hydrogen-bond acceptors (Lipinski definition) is 2. The molecule has 0 radical (unpaired) electrons. The summed E-state index contributed by atoms with van der Waals surface area (Å²) in [4.78, 5) is 0. The van der Waals surface area contributed by atoms with Gasteiger partial charge in [0.05, 0.1) is 7.11 Å². The molecule has 0 bridgehead atoms. The molecule has 2 aromatic carbocycles. The van der Waals surface area contributed by atoms with Gasteiger partial charge in [0.15, 0.2) is 0 Å². The van der Waals surface area contributed by atoms with Crippen LogP contribution in [-0.4, -0.2) is 13.7 Å². The molecule has 0 aliphatic carbocycles. The van der Waals surface area contributed by atoms with Gasteiger partial charge < -0.3 is 10.5 Å². The highest BCUT2D eigenvalue weighted by molar-refractivity contribution is 5.85. The van der Waals surface area contributed by atoms with Crippen molar-refractivity contribution in [1.29, 1.82) is 0 Å². The van der Waals surface area contributed by atoms with E-state index in [0.717, 1.165) is 18.6 Å². The molecular formula is C16H20ClNO. The summed E-state index contributed by atoms with van der Waals surface area (Å²) in [6.45, 7) is 0.700. The minimum atomic E-state index is 0. The highest BCUT2D eigenvalue weighted by Crippen LogP contribution is 2.21. The summed E-state index contributed by atoms with van der Waals surface area (Å²) in [7, 11) is 1.71. The third kappa shape index (κ3) is 4.27. The number of benzene rings is 2. The minimum Gasteiger partial charge on any atom is -0.496 e. The van der Waals surface area contributed by atoms with Crippen molar-refractivity contribution in [3.8, 4) is 5.75 Å². The van der Waals surface area contributed by atoms with Crippen LogP contribution in [0.5, 0.6) is 5.75 Å². The van der Waals surface area contributed by atoms with Crippen LogP contribution in [0.25, 0.3) is 0 Å². The zero-order chi connectivity index (χ0) is 12.8. The Kier molecular flexibility index (Phi) is 6.40. The van der Waals surface area contributed by atoms with Gasteiger partial charge in [0, 0.05) is 6.42 Å². The van der Waals surface area contributed by atoms with Gasteiger partial charge in [0.1, 0.15) is 5.75 Å². The van der Waals surface area contributed by atoms with Crippen LogP contribution in [-0.2, 0) is 12.8 Å². The van der Waals surface area contributed by atoms with E-state index in [-0.39, 0.29) is 12.4 Å². The van der Waals surface area contributed by atoms with Crippen LogP contribution in [0.3, 0.4) is 0 Å². The molecule has 0 aliphatic heterocycles. The lowest BCUT2D eigenvalue weighted by molar-refractivity contribution is 0.410. The highest BCUT2D eigenvalue weighted by Gasteiger charge is 2.02. The lowest BCUT2D eigenvalue weighted by atomic mass is 10.0. The lowest BCUT2D eigenvalue weighted by Crippen LogP contribution is -2.02. The van der Waals surface area contributed by atoms with E-state index >= 15 is 0 Å². The number of halogens is 1. The largest absolute Gasteiger partial charge is 0.496 e. The van der Waals surface area contributed by atoms with Crippen LogP contribution >= 0.6 is 12.4 Å². The lowest BCUT2D eigenvalue weighted by Gasteiger charge is -2.08. The van der Waals surface area contributed by atoms with Crippen LogP contribution in [0, 0.1) is 0 Å². The summed E-state index contributed by atoms with van der Waals surface area (Å²) in [5.74, 6) is 0.948. The molecule has 0 unspecified atom stereocenters. The second kappa shape index (κ2) is 7.82. The predicted molar refractivity (Wildman–Crippen MR) is 82.2 cm³/mol. The second-order valence-electron chi connectivity index (χ2n) is 4.34. The molecule has 0 spiro atoms. The number of hydrogen-bond donors (Lipinski definition) is 1. The van der Waals surface area contributed by atoms with E-state index in [1.807, 2.05) is 18.2 Å². The molecule has 2 aromatic rings. The molecule has 2 N–H and O–H groups in total. The van der Waals surface area contributed by atoms with E-state index in [9.17, 15) is 0 Å². The van der Waals surface area contributed by atoms with E-state index in [4.69, 9.17) is 10.5 Å². The Labute approximate surface area is 121 Å². The average molecular weight is 278 g/mol. The first-order valence-electron chi connectivity index (χ1n) is 6.23. The molecule has 0 amide bonds. The Morgan fingerprint density at radius 2 is 1.58 bits per heavy atom. The van der Waals surface area contributed by atoms with Gasteiger partial charge in [-0.3, -0.25) is 0 Å². The van der Waals surface area contributed by atoms with E-state index < -0.39 is 0 Å². The highest BCUT2D eigenvalue weighted by atomic mass is 35.5. The molecule has 0 aliphatic rings. The first-order valence-corrected chi connectivity index (χ1v) is 6.23. The standard InChI is InChI=1S/C16H19NO.ClH/c1-18-16-5-3-2-4-15(16)12-14-8-6-13(7-9-14)10-11-17;/h2-9H,10-12,17H2,1H3;1H.